The lowest BCUT2D eigenvalue weighted by atomic mass is 10.1. The molecule has 1 fully saturated rings. The number of sulfonamides is 1. The lowest BCUT2D eigenvalue weighted by Crippen LogP contribution is -2.45. The van der Waals surface area contributed by atoms with Gasteiger partial charge in [-0.15, -0.1) is 0 Å². The third-order valence-corrected chi connectivity index (χ3v) is 4.99. The molecular weight excluding hydrogens is 224 g/mol. The highest BCUT2D eigenvalue weighted by molar-refractivity contribution is 7.89. The molecule has 0 aromatic carbocycles. The van der Waals surface area contributed by atoms with Gasteiger partial charge < -0.3 is 5.32 Å². The minimum absolute atomic E-state index is 0.179. The van der Waals surface area contributed by atoms with Gasteiger partial charge >= 0.3 is 0 Å². The van der Waals surface area contributed by atoms with E-state index in [-0.39, 0.29) is 11.8 Å². The lowest BCUT2D eigenvalue weighted by molar-refractivity contribution is 0.268. The molecular formula is C11H24N2O2S. The summed E-state index contributed by atoms with van der Waals surface area (Å²) >= 11 is 0. The van der Waals surface area contributed by atoms with Gasteiger partial charge in [0, 0.05) is 25.2 Å². The van der Waals surface area contributed by atoms with Crippen LogP contribution in [0.25, 0.3) is 0 Å². The molecule has 5 heteroatoms. The number of hydrogen-bond donors (Lipinski definition) is 1. The molecule has 1 rings (SSSR count). The van der Waals surface area contributed by atoms with Crippen LogP contribution in [0.4, 0.5) is 0 Å². The number of nitrogens with zero attached hydrogens (tertiary/aromatic N) is 1. The van der Waals surface area contributed by atoms with Gasteiger partial charge in [-0.3, -0.25) is 0 Å². The molecule has 1 heterocycles. The summed E-state index contributed by atoms with van der Waals surface area (Å²) in [5, 5.41) is 3.15. The molecule has 0 spiro atoms. The highest BCUT2D eigenvalue weighted by Gasteiger charge is 2.28. The van der Waals surface area contributed by atoms with Crippen molar-refractivity contribution < 1.29 is 8.42 Å². The number of rotatable bonds is 5. The summed E-state index contributed by atoms with van der Waals surface area (Å²) < 4.78 is 25.8. The topological polar surface area (TPSA) is 49.4 Å². The van der Waals surface area contributed by atoms with Gasteiger partial charge in [0.05, 0.1) is 5.75 Å². The van der Waals surface area contributed by atoms with Gasteiger partial charge in [0.1, 0.15) is 0 Å². The van der Waals surface area contributed by atoms with Crippen molar-refractivity contribution in [2.24, 2.45) is 0 Å². The normalized spacial score (nSPS) is 23.9. The van der Waals surface area contributed by atoms with E-state index in [0.717, 1.165) is 19.3 Å². The summed E-state index contributed by atoms with van der Waals surface area (Å²) in [6.07, 6.45) is 3.15. The maximum Gasteiger partial charge on any atom is 0.215 e. The largest absolute Gasteiger partial charge is 0.313 e. The van der Waals surface area contributed by atoms with E-state index < -0.39 is 10.0 Å². The summed E-state index contributed by atoms with van der Waals surface area (Å²) in [7, 11) is -3.06. The first-order valence-corrected chi connectivity index (χ1v) is 7.77. The Hall–Kier alpha value is -0.130. The van der Waals surface area contributed by atoms with Crippen LogP contribution >= 0.6 is 0 Å². The minimum atomic E-state index is -3.06. The Morgan fingerprint density at radius 1 is 1.38 bits per heavy atom. The molecule has 1 N–H and O–H groups in total. The Balaban J connectivity index is 2.48. The van der Waals surface area contributed by atoms with E-state index in [0.29, 0.717) is 19.1 Å². The maximum atomic E-state index is 12.1. The highest BCUT2D eigenvalue weighted by Crippen LogP contribution is 2.19. The van der Waals surface area contributed by atoms with Gasteiger partial charge in [0.25, 0.3) is 0 Å². The zero-order chi connectivity index (χ0) is 12.2. The van der Waals surface area contributed by atoms with E-state index in [4.69, 9.17) is 0 Å². The van der Waals surface area contributed by atoms with Crippen molar-refractivity contribution in [2.45, 2.75) is 52.1 Å². The van der Waals surface area contributed by atoms with E-state index in [2.05, 4.69) is 5.32 Å². The zero-order valence-corrected chi connectivity index (χ0v) is 11.4. The predicted molar refractivity (Wildman–Crippen MR) is 66.9 cm³/mol. The molecule has 1 aliphatic rings. The summed E-state index contributed by atoms with van der Waals surface area (Å²) in [6, 6.07) is 0.520. The van der Waals surface area contributed by atoms with Crippen LogP contribution in [0.15, 0.2) is 0 Å². The van der Waals surface area contributed by atoms with E-state index in [1.807, 2.05) is 20.8 Å². The molecule has 0 amide bonds. The quantitative estimate of drug-likeness (QED) is 0.795. The Labute approximate surface area is 99.5 Å². The van der Waals surface area contributed by atoms with Crippen molar-refractivity contribution in [1.82, 2.24) is 9.62 Å². The second-order valence-corrected chi connectivity index (χ2v) is 6.92. The zero-order valence-electron chi connectivity index (χ0n) is 10.6. The molecule has 1 atom stereocenters. The average Bonchev–Trinajstić information content (AvgIpc) is 2.17. The van der Waals surface area contributed by atoms with Crippen LogP contribution in [0, 0.1) is 0 Å². The van der Waals surface area contributed by atoms with Gasteiger partial charge in [0.15, 0.2) is 0 Å². The van der Waals surface area contributed by atoms with Crippen molar-refractivity contribution in [2.75, 3.05) is 18.8 Å². The van der Waals surface area contributed by atoms with Crippen LogP contribution in [0.1, 0.15) is 40.0 Å². The maximum absolute atomic E-state index is 12.1. The lowest BCUT2D eigenvalue weighted by Gasteiger charge is -2.32. The molecule has 0 aromatic heterocycles. The fraction of sp³-hybridized carbons (Fsp3) is 1.00. The van der Waals surface area contributed by atoms with Crippen LogP contribution in [0.2, 0.25) is 0 Å². The summed E-state index contributed by atoms with van der Waals surface area (Å²) in [6.45, 7) is 7.30. The van der Waals surface area contributed by atoms with Crippen LogP contribution < -0.4 is 5.32 Å². The molecule has 0 aliphatic carbocycles. The van der Waals surface area contributed by atoms with Crippen molar-refractivity contribution in [3.05, 3.63) is 0 Å². The van der Waals surface area contributed by atoms with E-state index >= 15 is 0 Å². The summed E-state index contributed by atoms with van der Waals surface area (Å²) in [5.74, 6) is 0.218. The first-order valence-electron chi connectivity index (χ1n) is 6.16. The van der Waals surface area contributed by atoms with Crippen LogP contribution in [-0.2, 0) is 10.0 Å². The van der Waals surface area contributed by atoms with Gasteiger partial charge in [-0.25, -0.2) is 8.42 Å². The summed E-state index contributed by atoms with van der Waals surface area (Å²) in [5.41, 5.74) is 0. The number of nitrogens with one attached hydrogen (secondary N) is 1. The Morgan fingerprint density at radius 3 is 2.62 bits per heavy atom. The Bertz CT molecular complexity index is 301. The van der Waals surface area contributed by atoms with Gasteiger partial charge in [-0.2, -0.15) is 4.31 Å². The second kappa shape index (κ2) is 5.98. The van der Waals surface area contributed by atoms with E-state index in [1.165, 1.54) is 0 Å². The molecule has 0 aromatic rings. The molecule has 0 radical (unpaired) electrons. The number of piperidine rings is 1. The van der Waals surface area contributed by atoms with E-state index in [1.54, 1.807) is 4.31 Å². The van der Waals surface area contributed by atoms with E-state index in [9.17, 15) is 8.42 Å². The Kier molecular flexibility index (Phi) is 5.21. The number of hydrogen-bond acceptors (Lipinski definition) is 3. The highest BCUT2D eigenvalue weighted by atomic mass is 32.2. The smallest absolute Gasteiger partial charge is 0.215 e. The van der Waals surface area contributed by atoms with Crippen molar-refractivity contribution >= 4 is 10.0 Å². The first-order chi connectivity index (χ1) is 7.43. The average molecular weight is 248 g/mol. The molecule has 16 heavy (non-hydrogen) atoms. The molecule has 0 saturated carbocycles. The fourth-order valence-electron chi connectivity index (χ4n) is 2.08. The van der Waals surface area contributed by atoms with Crippen molar-refractivity contribution in [3.63, 3.8) is 0 Å². The van der Waals surface area contributed by atoms with Crippen molar-refractivity contribution in [3.8, 4) is 0 Å². The molecule has 96 valence electrons. The van der Waals surface area contributed by atoms with Gasteiger partial charge in [0.2, 0.25) is 10.0 Å². The monoisotopic (exact) mass is 248 g/mol. The first kappa shape index (κ1) is 13.9. The fourth-order valence-corrected chi connectivity index (χ4v) is 3.75. The van der Waals surface area contributed by atoms with Crippen LogP contribution in [-0.4, -0.2) is 43.6 Å². The third-order valence-electron chi connectivity index (χ3n) is 3.01. The standard InChI is InChI=1S/C11H24N2O2S/c1-10(2)12-7-9-16(14,15)13-8-5-4-6-11(13)3/h10-12H,4-9H2,1-3H3. The van der Waals surface area contributed by atoms with Crippen LogP contribution in [0.3, 0.4) is 0 Å². The predicted octanol–water partition coefficient (Wildman–Crippen LogP) is 1.19. The second-order valence-electron chi connectivity index (χ2n) is 4.88. The minimum Gasteiger partial charge on any atom is -0.313 e. The molecule has 4 nitrogen and oxygen atoms in total. The van der Waals surface area contributed by atoms with Gasteiger partial charge in [-0.1, -0.05) is 20.3 Å². The SMILES string of the molecule is CC(C)NCCS(=O)(=O)N1CCCCC1C. The van der Waals surface area contributed by atoms with Gasteiger partial charge in [-0.05, 0) is 19.8 Å². The van der Waals surface area contributed by atoms with Crippen molar-refractivity contribution in [1.29, 1.82) is 0 Å². The molecule has 0 bridgehead atoms. The molecule has 1 saturated heterocycles. The van der Waals surface area contributed by atoms with Crippen LogP contribution in [0.5, 0.6) is 0 Å². The molecule has 1 unspecified atom stereocenters. The Morgan fingerprint density at radius 2 is 2.06 bits per heavy atom. The molecule has 1 aliphatic heterocycles. The summed E-state index contributed by atoms with van der Waals surface area (Å²) in [4.78, 5) is 0. The third kappa shape index (κ3) is 4.03.